The Balaban J connectivity index is 2.49. The minimum atomic E-state index is 0.563. The smallest absolute Gasteiger partial charge is 0.222 e. The largest absolute Gasteiger partial charge is 0.403 e. The third-order valence-corrected chi connectivity index (χ3v) is 1.95. The second-order valence-electron chi connectivity index (χ2n) is 1.49. The highest BCUT2D eigenvalue weighted by Crippen LogP contribution is 2.05. The summed E-state index contributed by atoms with van der Waals surface area (Å²) in [7, 11) is 0. The van der Waals surface area contributed by atoms with Crippen LogP contribution in [-0.4, -0.2) is 11.0 Å². The van der Waals surface area contributed by atoms with Gasteiger partial charge < -0.3 is 0 Å². The van der Waals surface area contributed by atoms with Gasteiger partial charge in [0.2, 0.25) is 0 Å². The van der Waals surface area contributed by atoms with Crippen LogP contribution in [0.25, 0.3) is 0 Å². The number of allylic oxidation sites excluding steroid dienone is 1. The van der Waals surface area contributed by atoms with E-state index in [1.54, 1.807) is 0 Å². The maximum Gasteiger partial charge on any atom is 0.403 e. The Bertz CT molecular complexity index is 143. The van der Waals surface area contributed by atoms with Gasteiger partial charge in [0.15, 0.2) is 0 Å². The Labute approximate surface area is 56.8 Å². The Morgan fingerprint density at radius 3 is 2.88 bits per heavy atom. The molecule has 4 heteroatoms. The standard InChI is InChI=1S/C4H5ClN2S/c5-1-3-2-8-4(6)7-3/h2H,1H2,(H2,6,7)/p+2. The van der Waals surface area contributed by atoms with Crippen molar-refractivity contribution in [2.75, 3.05) is 5.88 Å². The van der Waals surface area contributed by atoms with Gasteiger partial charge in [0.05, 0.1) is 5.88 Å². The second-order valence-corrected chi connectivity index (χ2v) is 2.70. The molecule has 1 aliphatic rings. The maximum atomic E-state index is 5.49. The van der Waals surface area contributed by atoms with E-state index >= 15 is 0 Å². The van der Waals surface area contributed by atoms with Gasteiger partial charge in [0.25, 0.3) is 0 Å². The molecule has 1 heterocycles. The number of thioether (sulfide) groups is 1. The van der Waals surface area contributed by atoms with Gasteiger partial charge in [-0.1, -0.05) is 0 Å². The van der Waals surface area contributed by atoms with E-state index in [4.69, 9.17) is 17.0 Å². The van der Waals surface area contributed by atoms with E-state index in [1.807, 2.05) is 10.7 Å². The van der Waals surface area contributed by atoms with Crippen molar-refractivity contribution in [3.05, 3.63) is 11.1 Å². The number of amidine groups is 1. The molecule has 0 aliphatic carbocycles. The molecule has 0 aromatic rings. The van der Waals surface area contributed by atoms with E-state index in [0.29, 0.717) is 5.88 Å². The molecular formula is C4H7ClN2S+2. The van der Waals surface area contributed by atoms with Crippen LogP contribution in [0.4, 0.5) is 0 Å². The molecule has 1 rings (SSSR count). The summed E-state index contributed by atoms with van der Waals surface area (Å²) in [5, 5.41) is 10.1. The predicted molar refractivity (Wildman–Crippen MR) is 35.3 cm³/mol. The van der Waals surface area contributed by atoms with E-state index < -0.39 is 0 Å². The molecule has 0 unspecified atom stereocenters. The normalized spacial score (nSPS) is 19.1. The quantitative estimate of drug-likeness (QED) is 0.439. The molecule has 0 aromatic heterocycles. The van der Waals surface area contributed by atoms with Crippen molar-refractivity contribution < 1.29 is 10.7 Å². The van der Waals surface area contributed by atoms with Gasteiger partial charge in [0.1, 0.15) is 5.70 Å². The number of nitrogens with two attached hydrogens (primary N) is 2. The van der Waals surface area contributed by atoms with E-state index in [1.165, 1.54) is 11.8 Å². The van der Waals surface area contributed by atoms with Crippen LogP contribution in [0.5, 0.6) is 0 Å². The molecular weight excluding hydrogens is 144 g/mol. The summed E-state index contributed by atoms with van der Waals surface area (Å²) in [6, 6.07) is 0. The minimum absolute atomic E-state index is 0.563. The first-order valence-electron chi connectivity index (χ1n) is 2.22. The fourth-order valence-corrected chi connectivity index (χ4v) is 1.37. The molecule has 1 aliphatic heterocycles. The molecule has 8 heavy (non-hydrogen) atoms. The van der Waals surface area contributed by atoms with Gasteiger partial charge in [-0.05, 0) is 0 Å². The highest BCUT2D eigenvalue weighted by molar-refractivity contribution is 8.15. The maximum absolute atomic E-state index is 5.49. The van der Waals surface area contributed by atoms with Gasteiger partial charge >= 0.3 is 5.17 Å². The lowest BCUT2D eigenvalue weighted by Crippen LogP contribution is -2.89. The minimum Gasteiger partial charge on any atom is -0.222 e. The first kappa shape index (κ1) is 6.13. The van der Waals surface area contributed by atoms with Gasteiger partial charge in [0, 0.05) is 17.2 Å². The summed E-state index contributed by atoms with van der Waals surface area (Å²) in [5.74, 6) is 0.563. The summed E-state index contributed by atoms with van der Waals surface area (Å²) >= 11 is 7.01. The predicted octanol–water partition coefficient (Wildman–Crippen LogP) is -1.51. The molecule has 0 saturated carbocycles. The van der Waals surface area contributed by atoms with Crippen LogP contribution in [-0.2, 0) is 0 Å². The SMILES string of the molecule is [NH2+]=C1[NH2+]C(CCl)=CS1. The topological polar surface area (TPSA) is 42.2 Å². The van der Waals surface area contributed by atoms with Crippen LogP contribution in [0.3, 0.4) is 0 Å². The Hall–Kier alpha value is 0.01000. The number of hydrogen-bond donors (Lipinski definition) is 2. The van der Waals surface area contributed by atoms with Crippen LogP contribution in [0.2, 0.25) is 0 Å². The highest BCUT2D eigenvalue weighted by Gasteiger charge is 2.18. The monoisotopic (exact) mass is 150 g/mol. The average Bonchev–Trinajstić information content (AvgIpc) is 2.14. The van der Waals surface area contributed by atoms with Crippen LogP contribution in [0, 0.1) is 0 Å². The molecule has 0 radical (unpaired) electrons. The molecule has 2 nitrogen and oxygen atoms in total. The molecule has 0 spiro atoms. The van der Waals surface area contributed by atoms with Gasteiger partial charge in [-0.3, -0.25) is 0 Å². The van der Waals surface area contributed by atoms with E-state index in [9.17, 15) is 0 Å². The number of alkyl halides is 1. The second kappa shape index (κ2) is 2.53. The molecule has 0 amide bonds. The first-order valence-corrected chi connectivity index (χ1v) is 3.63. The van der Waals surface area contributed by atoms with Crippen molar-refractivity contribution in [3.8, 4) is 0 Å². The van der Waals surface area contributed by atoms with Crippen LogP contribution in [0.1, 0.15) is 0 Å². The molecule has 44 valence electrons. The van der Waals surface area contributed by atoms with Gasteiger partial charge in [-0.25, -0.2) is 10.7 Å². The lowest BCUT2D eigenvalue weighted by atomic mass is 10.6. The Morgan fingerprint density at radius 1 is 1.88 bits per heavy atom. The van der Waals surface area contributed by atoms with Crippen LogP contribution < -0.4 is 10.7 Å². The van der Waals surface area contributed by atoms with Crippen molar-refractivity contribution in [1.82, 2.24) is 0 Å². The van der Waals surface area contributed by atoms with Crippen molar-refractivity contribution in [2.24, 2.45) is 0 Å². The summed E-state index contributed by atoms with van der Waals surface area (Å²) < 4.78 is 0. The van der Waals surface area contributed by atoms with Crippen molar-refractivity contribution in [2.45, 2.75) is 0 Å². The summed E-state index contributed by atoms with van der Waals surface area (Å²) in [6.07, 6.45) is 0. The molecule has 0 aromatic carbocycles. The van der Waals surface area contributed by atoms with Gasteiger partial charge in [-0.15, -0.1) is 11.6 Å². The molecule has 4 N–H and O–H groups in total. The molecule has 0 saturated heterocycles. The number of rotatable bonds is 1. The Kier molecular flexibility index (Phi) is 1.94. The van der Waals surface area contributed by atoms with Crippen molar-refractivity contribution >= 4 is 28.5 Å². The lowest BCUT2D eigenvalue weighted by molar-refractivity contribution is -0.504. The number of quaternary nitrogens is 1. The third-order valence-electron chi connectivity index (χ3n) is 0.828. The van der Waals surface area contributed by atoms with E-state index in [0.717, 1.165) is 10.9 Å². The zero-order valence-electron chi connectivity index (χ0n) is 4.23. The average molecular weight is 151 g/mol. The fraction of sp³-hybridized carbons (Fsp3) is 0.250. The van der Waals surface area contributed by atoms with E-state index in [2.05, 4.69) is 0 Å². The van der Waals surface area contributed by atoms with Crippen LogP contribution in [0.15, 0.2) is 11.1 Å². The molecule has 0 fully saturated rings. The van der Waals surface area contributed by atoms with Crippen molar-refractivity contribution in [3.63, 3.8) is 0 Å². The van der Waals surface area contributed by atoms with E-state index in [-0.39, 0.29) is 0 Å². The highest BCUT2D eigenvalue weighted by atomic mass is 35.5. The zero-order chi connectivity index (χ0) is 5.98. The molecule has 0 atom stereocenters. The molecule has 0 bridgehead atoms. The lowest BCUT2D eigenvalue weighted by Gasteiger charge is -1.82. The summed E-state index contributed by atoms with van der Waals surface area (Å²) in [6.45, 7) is 0. The fourth-order valence-electron chi connectivity index (χ4n) is 0.465. The number of halogens is 1. The third kappa shape index (κ3) is 1.24. The number of hydrogen-bond acceptors (Lipinski definition) is 1. The van der Waals surface area contributed by atoms with Crippen LogP contribution >= 0.6 is 23.4 Å². The summed E-state index contributed by atoms with van der Waals surface area (Å²) in [5.41, 5.74) is 1.11. The first-order chi connectivity index (χ1) is 3.83. The van der Waals surface area contributed by atoms with Crippen molar-refractivity contribution in [1.29, 1.82) is 0 Å². The zero-order valence-corrected chi connectivity index (χ0v) is 5.80. The summed E-state index contributed by atoms with van der Waals surface area (Å²) in [4.78, 5) is 0. The van der Waals surface area contributed by atoms with Gasteiger partial charge in [-0.2, -0.15) is 0 Å². The Morgan fingerprint density at radius 2 is 2.62 bits per heavy atom.